The Bertz CT molecular complexity index is 769. The Morgan fingerprint density at radius 3 is 2.67 bits per heavy atom. The summed E-state index contributed by atoms with van der Waals surface area (Å²) in [4.78, 5) is 17.6. The van der Waals surface area contributed by atoms with Gasteiger partial charge in [-0.2, -0.15) is 0 Å². The molecule has 1 amide bonds. The van der Waals surface area contributed by atoms with E-state index in [0.717, 1.165) is 18.6 Å². The highest BCUT2D eigenvalue weighted by Gasteiger charge is 2.63. The molecule has 4 rings (SSSR count). The normalized spacial score (nSPS) is 26.1. The van der Waals surface area contributed by atoms with Crippen molar-refractivity contribution in [1.29, 1.82) is 0 Å². The lowest BCUT2D eigenvalue weighted by molar-refractivity contribution is -0.274. The smallest absolute Gasteiger partial charge is 0.406 e. The zero-order valence-electron chi connectivity index (χ0n) is 13.0. The SMILES string of the molecule is CC1(C)C2=Nc3ccc(OC(F)(F)F)cc3SC2C(=O)NC12CC2. The molecule has 0 aromatic heterocycles. The summed E-state index contributed by atoms with van der Waals surface area (Å²) in [6.45, 7) is 4.13. The number of hydrogen-bond donors (Lipinski definition) is 1. The molecular weight excluding hydrogens is 341 g/mol. The summed E-state index contributed by atoms with van der Waals surface area (Å²) in [5.74, 6) is -0.426. The molecule has 0 radical (unpaired) electrons. The van der Waals surface area contributed by atoms with Crippen molar-refractivity contribution in [2.24, 2.45) is 10.4 Å². The van der Waals surface area contributed by atoms with Crippen LogP contribution >= 0.6 is 11.8 Å². The molecule has 1 unspecified atom stereocenters. The number of alkyl halides is 3. The first-order valence-electron chi connectivity index (χ1n) is 7.59. The van der Waals surface area contributed by atoms with Crippen LogP contribution in [0.25, 0.3) is 0 Å². The van der Waals surface area contributed by atoms with Crippen molar-refractivity contribution in [3.05, 3.63) is 18.2 Å². The first-order chi connectivity index (χ1) is 11.1. The molecule has 3 aliphatic rings. The average molecular weight is 356 g/mol. The lowest BCUT2D eigenvalue weighted by Gasteiger charge is -2.45. The van der Waals surface area contributed by atoms with Gasteiger partial charge in [0, 0.05) is 16.0 Å². The number of halogens is 3. The van der Waals surface area contributed by atoms with Crippen molar-refractivity contribution in [2.75, 3.05) is 0 Å². The van der Waals surface area contributed by atoms with E-state index in [1.54, 1.807) is 0 Å². The van der Waals surface area contributed by atoms with E-state index in [-0.39, 0.29) is 22.6 Å². The fourth-order valence-corrected chi connectivity index (χ4v) is 4.77. The second-order valence-corrected chi connectivity index (χ2v) is 8.02. The number of ether oxygens (including phenoxy) is 1. The van der Waals surface area contributed by atoms with Gasteiger partial charge < -0.3 is 10.1 Å². The number of benzene rings is 1. The van der Waals surface area contributed by atoms with Crippen LogP contribution in [0.4, 0.5) is 18.9 Å². The molecule has 1 atom stereocenters. The Balaban J connectivity index is 1.74. The number of rotatable bonds is 1. The summed E-state index contributed by atoms with van der Waals surface area (Å²) in [6, 6.07) is 4.05. The summed E-state index contributed by atoms with van der Waals surface area (Å²) in [6.07, 6.45) is -2.90. The van der Waals surface area contributed by atoms with Gasteiger partial charge in [0.25, 0.3) is 0 Å². The minimum atomic E-state index is -4.75. The molecule has 1 saturated carbocycles. The van der Waals surface area contributed by atoms with E-state index in [1.165, 1.54) is 30.0 Å². The van der Waals surface area contributed by atoms with Crippen LogP contribution in [0.15, 0.2) is 28.1 Å². The third kappa shape index (κ3) is 2.30. The molecule has 1 N–H and O–H groups in total. The number of aliphatic imine (C=N–C) groups is 1. The van der Waals surface area contributed by atoms with Crippen LogP contribution in [0.3, 0.4) is 0 Å². The van der Waals surface area contributed by atoms with E-state index in [9.17, 15) is 18.0 Å². The van der Waals surface area contributed by atoms with Crippen molar-refractivity contribution in [3.63, 3.8) is 0 Å². The Labute approximate surface area is 140 Å². The Hall–Kier alpha value is -1.70. The quantitative estimate of drug-likeness (QED) is 0.832. The van der Waals surface area contributed by atoms with Crippen LogP contribution in [-0.4, -0.2) is 28.8 Å². The summed E-state index contributed by atoms with van der Waals surface area (Å²) in [7, 11) is 0. The van der Waals surface area contributed by atoms with Gasteiger partial charge >= 0.3 is 6.36 Å². The Morgan fingerprint density at radius 2 is 2.04 bits per heavy atom. The Morgan fingerprint density at radius 1 is 1.33 bits per heavy atom. The molecule has 24 heavy (non-hydrogen) atoms. The number of amides is 1. The highest BCUT2D eigenvalue weighted by Crippen LogP contribution is 2.57. The fourth-order valence-electron chi connectivity index (χ4n) is 3.47. The number of carbonyl (C=O) groups excluding carboxylic acids is 1. The molecule has 1 aliphatic carbocycles. The summed E-state index contributed by atoms with van der Waals surface area (Å²) in [5.41, 5.74) is 0.874. The van der Waals surface area contributed by atoms with E-state index in [0.29, 0.717) is 10.6 Å². The number of hydrogen-bond acceptors (Lipinski definition) is 4. The lowest BCUT2D eigenvalue weighted by Crippen LogP contribution is -2.63. The van der Waals surface area contributed by atoms with Gasteiger partial charge in [-0.15, -0.1) is 24.9 Å². The zero-order chi connectivity index (χ0) is 17.3. The van der Waals surface area contributed by atoms with Crippen LogP contribution in [-0.2, 0) is 4.79 Å². The summed E-state index contributed by atoms with van der Waals surface area (Å²) < 4.78 is 41.1. The van der Waals surface area contributed by atoms with Gasteiger partial charge in [-0.3, -0.25) is 9.79 Å². The van der Waals surface area contributed by atoms with E-state index >= 15 is 0 Å². The monoisotopic (exact) mass is 356 g/mol. The van der Waals surface area contributed by atoms with Crippen molar-refractivity contribution >= 4 is 29.1 Å². The predicted octanol–water partition coefficient (Wildman–Crippen LogP) is 3.82. The third-order valence-corrected chi connectivity index (χ3v) is 6.34. The van der Waals surface area contributed by atoms with Gasteiger partial charge in [-0.25, -0.2) is 0 Å². The summed E-state index contributed by atoms with van der Waals surface area (Å²) >= 11 is 1.23. The maximum atomic E-state index is 12.5. The van der Waals surface area contributed by atoms with E-state index in [2.05, 4.69) is 28.9 Å². The molecule has 0 bridgehead atoms. The average Bonchev–Trinajstić information content (AvgIpc) is 3.24. The number of thioether (sulfide) groups is 1. The van der Waals surface area contributed by atoms with Gasteiger partial charge in [0.05, 0.1) is 11.2 Å². The van der Waals surface area contributed by atoms with Gasteiger partial charge in [0.15, 0.2) is 0 Å². The highest BCUT2D eigenvalue weighted by atomic mass is 32.2. The lowest BCUT2D eigenvalue weighted by atomic mass is 9.73. The van der Waals surface area contributed by atoms with Gasteiger partial charge in [0.1, 0.15) is 11.0 Å². The highest BCUT2D eigenvalue weighted by molar-refractivity contribution is 8.01. The van der Waals surface area contributed by atoms with Gasteiger partial charge in [0.2, 0.25) is 5.91 Å². The maximum Gasteiger partial charge on any atom is 0.573 e. The number of carbonyl (C=O) groups is 1. The van der Waals surface area contributed by atoms with Crippen molar-refractivity contribution in [3.8, 4) is 5.75 Å². The van der Waals surface area contributed by atoms with Crippen LogP contribution in [0, 0.1) is 5.41 Å². The minimum Gasteiger partial charge on any atom is -0.406 e. The minimum absolute atomic E-state index is 0.122. The maximum absolute atomic E-state index is 12.5. The number of fused-ring (bicyclic) bond motifs is 2. The fraction of sp³-hybridized carbons (Fsp3) is 0.500. The topological polar surface area (TPSA) is 50.7 Å². The molecule has 4 nitrogen and oxygen atoms in total. The van der Waals surface area contributed by atoms with Crippen LogP contribution in [0.1, 0.15) is 26.7 Å². The molecular formula is C16H15F3N2O2S. The number of nitrogens with zero attached hydrogens (tertiary/aromatic N) is 1. The zero-order valence-corrected chi connectivity index (χ0v) is 13.8. The molecule has 1 spiro atoms. The molecule has 2 heterocycles. The molecule has 1 aromatic rings. The first kappa shape index (κ1) is 15.8. The van der Waals surface area contributed by atoms with Crippen LogP contribution < -0.4 is 10.1 Å². The van der Waals surface area contributed by atoms with E-state index < -0.39 is 11.6 Å². The number of piperidine rings is 1. The second-order valence-electron chi connectivity index (χ2n) is 6.87. The van der Waals surface area contributed by atoms with Crippen molar-refractivity contribution in [2.45, 2.75) is 48.7 Å². The van der Waals surface area contributed by atoms with Crippen LogP contribution in [0.2, 0.25) is 0 Å². The third-order valence-electron chi connectivity index (χ3n) is 5.09. The standard InChI is InChI=1S/C16H15F3N2O2S/c1-14(2)12-11(13(22)21-15(14)5-6-15)24-10-7-8(23-16(17,18)19)3-4-9(10)20-12/h3-4,7,11H,5-6H2,1-2H3,(H,21,22). The van der Waals surface area contributed by atoms with Crippen LogP contribution in [0.5, 0.6) is 5.75 Å². The molecule has 1 aromatic carbocycles. The predicted molar refractivity (Wildman–Crippen MR) is 83.8 cm³/mol. The molecule has 128 valence electrons. The molecule has 1 saturated heterocycles. The van der Waals surface area contributed by atoms with Crippen molar-refractivity contribution < 1.29 is 22.7 Å². The molecule has 2 aliphatic heterocycles. The molecule has 2 fully saturated rings. The summed E-state index contributed by atoms with van der Waals surface area (Å²) in [5, 5.41) is 2.57. The van der Waals surface area contributed by atoms with Crippen molar-refractivity contribution in [1.82, 2.24) is 5.32 Å². The van der Waals surface area contributed by atoms with Gasteiger partial charge in [-0.05, 0) is 31.0 Å². The van der Waals surface area contributed by atoms with E-state index in [1.807, 2.05) is 0 Å². The Kier molecular flexibility index (Phi) is 3.08. The van der Waals surface area contributed by atoms with Gasteiger partial charge in [-0.1, -0.05) is 13.8 Å². The molecule has 8 heteroatoms. The van der Waals surface area contributed by atoms with E-state index in [4.69, 9.17) is 0 Å². The number of nitrogens with one attached hydrogen (secondary N) is 1. The first-order valence-corrected chi connectivity index (χ1v) is 8.47. The second kappa shape index (κ2) is 4.68. The largest absolute Gasteiger partial charge is 0.573 e.